The molecule has 14 heavy (non-hydrogen) atoms. The fraction of sp³-hybridized carbons (Fsp3) is 0.100. The number of H-pyrrole nitrogens is 1. The maximum atomic E-state index is 11.3. The van der Waals surface area contributed by atoms with E-state index in [0.717, 1.165) is 5.39 Å². The molecule has 0 atom stereocenters. The van der Waals surface area contributed by atoms with Crippen LogP contribution in [-0.4, -0.2) is 23.2 Å². The second kappa shape index (κ2) is 3.06. The first-order valence-electron chi connectivity index (χ1n) is 4.11. The van der Waals surface area contributed by atoms with Crippen molar-refractivity contribution in [3.8, 4) is 5.88 Å². The molecule has 4 nitrogen and oxygen atoms in total. The highest BCUT2D eigenvalue weighted by molar-refractivity contribution is 6.06. The van der Waals surface area contributed by atoms with E-state index in [1.54, 1.807) is 24.4 Å². The van der Waals surface area contributed by atoms with Crippen LogP contribution in [0.5, 0.6) is 5.88 Å². The average Bonchev–Trinajstić information content (AvgIpc) is 2.59. The number of esters is 1. The third kappa shape index (κ3) is 1.12. The Morgan fingerprint density at radius 1 is 1.50 bits per heavy atom. The lowest BCUT2D eigenvalue weighted by molar-refractivity contribution is 0.0602. The second-order valence-electron chi connectivity index (χ2n) is 2.90. The number of ether oxygens (including phenoxy) is 1. The van der Waals surface area contributed by atoms with Gasteiger partial charge in [0.1, 0.15) is 0 Å². The van der Waals surface area contributed by atoms with Crippen molar-refractivity contribution in [2.75, 3.05) is 7.11 Å². The topological polar surface area (TPSA) is 62.3 Å². The largest absolute Gasteiger partial charge is 0.494 e. The van der Waals surface area contributed by atoms with Gasteiger partial charge in [0, 0.05) is 11.6 Å². The Balaban J connectivity index is 2.75. The number of nitrogens with one attached hydrogen (secondary N) is 1. The Kier molecular flexibility index (Phi) is 1.89. The Hall–Kier alpha value is -1.97. The number of hydrogen-bond donors (Lipinski definition) is 2. The minimum atomic E-state index is -0.453. The zero-order valence-corrected chi connectivity index (χ0v) is 7.57. The van der Waals surface area contributed by atoms with Crippen molar-refractivity contribution >= 4 is 16.7 Å². The number of hydrogen-bond acceptors (Lipinski definition) is 3. The average molecular weight is 191 g/mol. The summed E-state index contributed by atoms with van der Waals surface area (Å²) in [6.07, 6.45) is 1.64. The van der Waals surface area contributed by atoms with Gasteiger partial charge in [-0.3, -0.25) is 0 Å². The molecule has 0 fully saturated rings. The minimum Gasteiger partial charge on any atom is -0.494 e. The molecule has 0 aliphatic heterocycles. The third-order valence-corrected chi connectivity index (χ3v) is 2.10. The Labute approximate surface area is 80.1 Å². The molecular weight excluding hydrogens is 182 g/mol. The Morgan fingerprint density at radius 3 is 3.00 bits per heavy atom. The van der Waals surface area contributed by atoms with E-state index in [0.29, 0.717) is 10.9 Å². The summed E-state index contributed by atoms with van der Waals surface area (Å²) in [6.45, 7) is 0. The fourth-order valence-electron chi connectivity index (χ4n) is 1.45. The number of methoxy groups -OCH3 is 1. The van der Waals surface area contributed by atoms with Crippen LogP contribution in [0, 0.1) is 0 Å². The minimum absolute atomic E-state index is 0.0130. The number of aromatic nitrogens is 1. The van der Waals surface area contributed by atoms with E-state index in [4.69, 9.17) is 0 Å². The van der Waals surface area contributed by atoms with Crippen molar-refractivity contribution in [2.24, 2.45) is 0 Å². The van der Waals surface area contributed by atoms with Crippen molar-refractivity contribution in [2.45, 2.75) is 0 Å². The van der Waals surface area contributed by atoms with Crippen LogP contribution in [0.3, 0.4) is 0 Å². The monoisotopic (exact) mass is 191 g/mol. The van der Waals surface area contributed by atoms with Gasteiger partial charge < -0.3 is 14.8 Å². The van der Waals surface area contributed by atoms with Crippen LogP contribution < -0.4 is 0 Å². The molecule has 0 aliphatic rings. The molecule has 72 valence electrons. The molecule has 1 heterocycles. The lowest BCUT2D eigenvalue weighted by atomic mass is 10.1. The highest BCUT2D eigenvalue weighted by Gasteiger charge is 2.13. The van der Waals surface area contributed by atoms with Crippen molar-refractivity contribution < 1.29 is 14.6 Å². The quantitative estimate of drug-likeness (QED) is 0.674. The number of fused-ring (bicyclic) bond motifs is 1. The number of benzene rings is 1. The van der Waals surface area contributed by atoms with Gasteiger partial charge in [0.2, 0.25) is 0 Å². The molecule has 0 saturated carbocycles. The smallest absolute Gasteiger partial charge is 0.338 e. The summed E-state index contributed by atoms with van der Waals surface area (Å²) in [6, 6.07) is 5.15. The summed E-state index contributed by atoms with van der Waals surface area (Å²) < 4.78 is 4.60. The van der Waals surface area contributed by atoms with Gasteiger partial charge in [0.25, 0.3) is 0 Å². The van der Waals surface area contributed by atoms with Gasteiger partial charge in [-0.1, -0.05) is 12.1 Å². The van der Waals surface area contributed by atoms with E-state index in [1.807, 2.05) is 0 Å². The first-order valence-corrected chi connectivity index (χ1v) is 4.11. The third-order valence-electron chi connectivity index (χ3n) is 2.10. The number of aromatic hydroxyl groups is 1. The maximum absolute atomic E-state index is 11.3. The van der Waals surface area contributed by atoms with Crippen LogP contribution in [0.15, 0.2) is 24.4 Å². The lowest BCUT2D eigenvalue weighted by Gasteiger charge is -2.00. The van der Waals surface area contributed by atoms with Crippen molar-refractivity contribution in [1.29, 1.82) is 0 Å². The molecule has 1 aromatic heterocycles. The predicted molar refractivity (Wildman–Crippen MR) is 51.3 cm³/mol. The van der Waals surface area contributed by atoms with Gasteiger partial charge in [0.15, 0.2) is 5.88 Å². The van der Waals surface area contributed by atoms with Crippen molar-refractivity contribution in [3.63, 3.8) is 0 Å². The zero-order chi connectivity index (χ0) is 10.1. The van der Waals surface area contributed by atoms with Crippen LogP contribution in [0.4, 0.5) is 0 Å². The summed E-state index contributed by atoms with van der Waals surface area (Å²) in [5, 5.41) is 10.8. The second-order valence-corrected chi connectivity index (χ2v) is 2.90. The van der Waals surface area contributed by atoms with E-state index >= 15 is 0 Å². The van der Waals surface area contributed by atoms with E-state index in [1.165, 1.54) is 7.11 Å². The van der Waals surface area contributed by atoms with Crippen LogP contribution in [0.25, 0.3) is 10.8 Å². The lowest BCUT2D eigenvalue weighted by Crippen LogP contribution is -2.01. The highest BCUT2D eigenvalue weighted by atomic mass is 16.5. The molecular formula is C10H9NO3. The molecule has 0 saturated heterocycles. The van der Waals surface area contributed by atoms with Crippen LogP contribution in [-0.2, 0) is 4.74 Å². The molecule has 0 bridgehead atoms. The standard InChI is InChI=1S/C10H9NO3/c1-14-10(13)7-4-2-3-6-5-11-9(12)8(6)7/h2-5,11-12H,1H3. The maximum Gasteiger partial charge on any atom is 0.338 e. The van der Waals surface area contributed by atoms with E-state index < -0.39 is 5.97 Å². The first kappa shape index (κ1) is 8.62. The zero-order valence-electron chi connectivity index (χ0n) is 7.57. The molecule has 4 heteroatoms. The molecule has 0 aliphatic carbocycles. The molecule has 2 aromatic rings. The summed E-state index contributed by atoms with van der Waals surface area (Å²) >= 11 is 0. The normalized spacial score (nSPS) is 10.4. The summed E-state index contributed by atoms with van der Waals surface area (Å²) in [5.74, 6) is -0.466. The van der Waals surface area contributed by atoms with Gasteiger partial charge in [0.05, 0.1) is 18.1 Å². The SMILES string of the molecule is COC(=O)c1cccc2c[nH]c(O)c12. The van der Waals surface area contributed by atoms with Crippen LogP contribution in [0.1, 0.15) is 10.4 Å². The van der Waals surface area contributed by atoms with Crippen LogP contribution >= 0.6 is 0 Å². The molecule has 0 spiro atoms. The van der Waals surface area contributed by atoms with E-state index in [9.17, 15) is 9.90 Å². The van der Waals surface area contributed by atoms with Gasteiger partial charge >= 0.3 is 5.97 Å². The molecule has 2 rings (SSSR count). The summed E-state index contributed by atoms with van der Waals surface area (Å²) in [4.78, 5) is 14.0. The Morgan fingerprint density at radius 2 is 2.29 bits per heavy atom. The molecule has 0 unspecified atom stereocenters. The number of carbonyl (C=O) groups excluding carboxylic acids is 1. The fourth-order valence-corrected chi connectivity index (χ4v) is 1.45. The molecule has 0 radical (unpaired) electrons. The molecule has 1 aromatic carbocycles. The van der Waals surface area contributed by atoms with Gasteiger partial charge in [-0.25, -0.2) is 4.79 Å². The highest BCUT2D eigenvalue weighted by Crippen LogP contribution is 2.27. The van der Waals surface area contributed by atoms with E-state index in [-0.39, 0.29) is 5.88 Å². The van der Waals surface area contributed by atoms with E-state index in [2.05, 4.69) is 9.72 Å². The van der Waals surface area contributed by atoms with Crippen molar-refractivity contribution in [3.05, 3.63) is 30.0 Å². The first-order chi connectivity index (χ1) is 6.74. The summed E-state index contributed by atoms with van der Waals surface area (Å²) in [5.41, 5.74) is 0.365. The Bertz CT molecular complexity index is 487. The number of aromatic amines is 1. The van der Waals surface area contributed by atoms with Crippen LogP contribution in [0.2, 0.25) is 0 Å². The molecule has 2 N–H and O–H groups in total. The van der Waals surface area contributed by atoms with Gasteiger partial charge in [-0.2, -0.15) is 0 Å². The molecule has 0 amide bonds. The van der Waals surface area contributed by atoms with Gasteiger partial charge in [-0.05, 0) is 6.07 Å². The predicted octanol–water partition coefficient (Wildman–Crippen LogP) is 1.66. The van der Waals surface area contributed by atoms with Crippen molar-refractivity contribution in [1.82, 2.24) is 4.98 Å². The number of carbonyl (C=O) groups is 1. The number of rotatable bonds is 1. The summed E-state index contributed by atoms with van der Waals surface area (Å²) in [7, 11) is 1.31. The van der Waals surface area contributed by atoms with Gasteiger partial charge in [-0.15, -0.1) is 0 Å².